The maximum absolute atomic E-state index is 9.08. The number of nitrogen functional groups attached to an aromatic ring is 2. The zero-order chi connectivity index (χ0) is 14.8. The SMILES string of the molecule is NNc1nc(N)nc2ccc(-c3ccc(CO)cc3)cc12. The molecular weight excluding hydrogens is 266 g/mol. The molecule has 1 heterocycles. The van der Waals surface area contributed by atoms with E-state index in [0.29, 0.717) is 5.82 Å². The monoisotopic (exact) mass is 281 g/mol. The van der Waals surface area contributed by atoms with Gasteiger partial charge in [-0.15, -0.1) is 0 Å². The molecule has 0 fully saturated rings. The number of aliphatic hydroxyl groups excluding tert-OH is 1. The fourth-order valence-corrected chi connectivity index (χ4v) is 2.24. The van der Waals surface area contributed by atoms with Crippen molar-refractivity contribution in [3.8, 4) is 11.1 Å². The third-order valence-electron chi connectivity index (χ3n) is 3.32. The van der Waals surface area contributed by atoms with Crippen LogP contribution in [0.1, 0.15) is 5.56 Å². The van der Waals surface area contributed by atoms with Gasteiger partial charge in [-0.05, 0) is 28.8 Å². The number of anilines is 2. The second-order valence-corrected chi connectivity index (χ2v) is 4.66. The van der Waals surface area contributed by atoms with Crippen LogP contribution in [0.25, 0.3) is 22.0 Å². The standard InChI is InChI=1S/C15H15N5O/c16-15-18-13-6-5-11(7-12(13)14(19-15)20-17)10-3-1-9(8-21)2-4-10/h1-7,21H,8,17H2,(H3,16,18,19,20). The quantitative estimate of drug-likeness (QED) is 0.429. The second-order valence-electron chi connectivity index (χ2n) is 4.66. The Kier molecular flexibility index (Phi) is 3.39. The number of hydrogen-bond acceptors (Lipinski definition) is 6. The Morgan fingerprint density at radius 3 is 2.38 bits per heavy atom. The summed E-state index contributed by atoms with van der Waals surface area (Å²) in [7, 11) is 0. The molecule has 3 aromatic rings. The van der Waals surface area contributed by atoms with E-state index in [2.05, 4.69) is 15.4 Å². The van der Waals surface area contributed by atoms with Crippen LogP contribution in [0.4, 0.5) is 11.8 Å². The molecule has 0 unspecified atom stereocenters. The first kappa shape index (κ1) is 13.3. The largest absolute Gasteiger partial charge is 0.392 e. The van der Waals surface area contributed by atoms with E-state index in [4.69, 9.17) is 16.7 Å². The van der Waals surface area contributed by atoms with Gasteiger partial charge in [0.05, 0.1) is 12.1 Å². The molecule has 0 atom stereocenters. The maximum Gasteiger partial charge on any atom is 0.222 e. The summed E-state index contributed by atoms with van der Waals surface area (Å²) in [4.78, 5) is 8.26. The number of rotatable bonds is 3. The number of nitrogens with two attached hydrogens (primary N) is 2. The summed E-state index contributed by atoms with van der Waals surface area (Å²) in [6, 6.07) is 13.5. The van der Waals surface area contributed by atoms with E-state index in [1.165, 1.54) is 0 Å². The molecule has 0 aliphatic heterocycles. The zero-order valence-corrected chi connectivity index (χ0v) is 11.2. The van der Waals surface area contributed by atoms with Crippen LogP contribution in [0, 0.1) is 0 Å². The van der Waals surface area contributed by atoms with Gasteiger partial charge in [-0.3, -0.25) is 0 Å². The molecule has 2 aromatic carbocycles. The van der Waals surface area contributed by atoms with Gasteiger partial charge in [-0.1, -0.05) is 30.3 Å². The minimum atomic E-state index is 0.0341. The number of nitrogens with one attached hydrogen (secondary N) is 1. The van der Waals surface area contributed by atoms with Crippen molar-refractivity contribution in [3.63, 3.8) is 0 Å². The summed E-state index contributed by atoms with van der Waals surface area (Å²) >= 11 is 0. The van der Waals surface area contributed by atoms with Crippen LogP contribution in [0.2, 0.25) is 0 Å². The number of fused-ring (bicyclic) bond motifs is 1. The molecular formula is C15H15N5O. The molecule has 0 aliphatic rings. The van der Waals surface area contributed by atoms with E-state index in [1.807, 2.05) is 42.5 Å². The first-order valence-corrected chi connectivity index (χ1v) is 6.45. The van der Waals surface area contributed by atoms with Gasteiger partial charge in [0.25, 0.3) is 0 Å². The lowest BCUT2D eigenvalue weighted by Crippen LogP contribution is -2.11. The van der Waals surface area contributed by atoms with Crippen molar-refractivity contribution in [3.05, 3.63) is 48.0 Å². The van der Waals surface area contributed by atoms with E-state index < -0.39 is 0 Å². The van der Waals surface area contributed by atoms with Crippen molar-refractivity contribution in [1.29, 1.82) is 0 Å². The Labute approximate surface area is 121 Å². The molecule has 6 N–H and O–H groups in total. The van der Waals surface area contributed by atoms with Crippen LogP contribution in [0.3, 0.4) is 0 Å². The summed E-state index contributed by atoms with van der Waals surface area (Å²) in [5.41, 5.74) is 11.8. The number of benzene rings is 2. The number of hydrogen-bond donors (Lipinski definition) is 4. The van der Waals surface area contributed by atoms with Crippen LogP contribution in [-0.4, -0.2) is 15.1 Å². The van der Waals surface area contributed by atoms with Gasteiger partial charge < -0.3 is 16.3 Å². The van der Waals surface area contributed by atoms with Gasteiger partial charge in [-0.2, -0.15) is 4.98 Å². The molecule has 3 rings (SSSR count). The van der Waals surface area contributed by atoms with E-state index in [-0.39, 0.29) is 12.6 Å². The fourth-order valence-electron chi connectivity index (χ4n) is 2.24. The molecule has 6 heteroatoms. The average Bonchev–Trinajstić information content (AvgIpc) is 2.53. The molecule has 0 bridgehead atoms. The Morgan fingerprint density at radius 2 is 1.71 bits per heavy atom. The molecule has 0 aliphatic carbocycles. The third kappa shape index (κ3) is 2.49. The topological polar surface area (TPSA) is 110 Å². The molecule has 21 heavy (non-hydrogen) atoms. The highest BCUT2D eigenvalue weighted by atomic mass is 16.3. The number of aliphatic hydroxyl groups is 1. The predicted molar refractivity (Wildman–Crippen MR) is 83.1 cm³/mol. The van der Waals surface area contributed by atoms with Crippen molar-refractivity contribution < 1.29 is 5.11 Å². The second kappa shape index (κ2) is 5.35. The normalized spacial score (nSPS) is 10.8. The van der Waals surface area contributed by atoms with Crippen molar-refractivity contribution >= 4 is 22.7 Å². The van der Waals surface area contributed by atoms with Crippen molar-refractivity contribution in [2.24, 2.45) is 5.84 Å². The van der Waals surface area contributed by atoms with Gasteiger partial charge >= 0.3 is 0 Å². The Morgan fingerprint density at radius 1 is 1.00 bits per heavy atom. The molecule has 0 spiro atoms. The summed E-state index contributed by atoms with van der Waals surface area (Å²) in [6.07, 6.45) is 0. The maximum atomic E-state index is 9.08. The summed E-state index contributed by atoms with van der Waals surface area (Å²) in [6.45, 7) is 0.0341. The Balaban J connectivity index is 2.13. The summed E-state index contributed by atoms with van der Waals surface area (Å²) in [5.74, 6) is 6.16. The van der Waals surface area contributed by atoms with Gasteiger partial charge in [0, 0.05) is 5.39 Å². The zero-order valence-electron chi connectivity index (χ0n) is 11.2. The molecule has 0 radical (unpaired) electrons. The molecule has 0 saturated carbocycles. The third-order valence-corrected chi connectivity index (χ3v) is 3.32. The van der Waals surface area contributed by atoms with Gasteiger partial charge in [0.2, 0.25) is 5.95 Å². The van der Waals surface area contributed by atoms with Crippen LogP contribution in [0.15, 0.2) is 42.5 Å². The van der Waals surface area contributed by atoms with Crippen molar-refractivity contribution in [2.75, 3.05) is 11.2 Å². The molecule has 0 saturated heterocycles. The predicted octanol–water partition coefficient (Wildman–Crippen LogP) is 1.66. The van der Waals surface area contributed by atoms with E-state index >= 15 is 0 Å². The lowest BCUT2D eigenvalue weighted by Gasteiger charge is -2.08. The average molecular weight is 281 g/mol. The van der Waals surface area contributed by atoms with Crippen LogP contribution in [0.5, 0.6) is 0 Å². The first-order chi connectivity index (χ1) is 10.2. The lowest BCUT2D eigenvalue weighted by molar-refractivity contribution is 0.282. The highest BCUT2D eigenvalue weighted by Crippen LogP contribution is 2.27. The molecule has 106 valence electrons. The number of nitrogens with zero attached hydrogens (tertiary/aromatic N) is 2. The van der Waals surface area contributed by atoms with Gasteiger partial charge in [0.15, 0.2) is 5.82 Å². The highest BCUT2D eigenvalue weighted by molar-refractivity contribution is 5.93. The Bertz CT molecular complexity index is 786. The van der Waals surface area contributed by atoms with E-state index in [0.717, 1.165) is 27.6 Å². The van der Waals surface area contributed by atoms with Crippen molar-refractivity contribution in [1.82, 2.24) is 9.97 Å². The number of hydrazine groups is 1. The minimum absolute atomic E-state index is 0.0341. The molecule has 1 aromatic heterocycles. The molecule has 6 nitrogen and oxygen atoms in total. The van der Waals surface area contributed by atoms with Crippen LogP contribution < -0.4 is 17.0 Å². The van der Waals surface area contributed by atoms with Crippen LogP contribution in [-0.2, 0) is 6.61 Å². The van der Waals surface area contributed by atoms with Crippen molar-refractivity contribution in [2.45, 2.75) is 6.61 Å². The van der Waals surface area contributed by atoms with Crippen LogP contribution >= 0.6 is 0 Å². The van der Waals surface area contributed by atoms with Gasteiger partial charge in [-0.25, -0.2) is 10.8 Å². The summed E-state index contributed by atoms with van der Waals surface area (Å²) in [5, 5.41) is 9.89. The van der Waals surface area contributed by atoms with E-state index in [9.17, 15) is 0 Å². The first-order valence-electron chi connectivity index (χ1n) is 6.45. The number of aromatic nitrogens is 2. The van der Waals surface area contributed by atoms with Gasteiger partial charge in [0.1, 0.15) is 0 Å². The summed E-state index contributed by atoms with van der Waals surface area (Å²) < 4.78 is 0. The Hall–Kier alpha value is -2.70. The smallest absolute Gasteiger partial charge is 0.222 e. The minimum Gasteiger partial charge on any atom is -0.392 e. The highest BCUT2D eigenvalue weighted by Gasteiger charge is 2.07. The lowest BCUT2D eigenvalue weighted by atomic mass is 10.0. The van der Waals surface area contributed by atoms with E-state index in [1.54, 1.807) is 0 Å². The fraction of sp³-hybridized carbons (Fsp3) is 0.0667. The molecule has 0 amide bonds.